The van der Waals surface area contributed by atoms with Gasteiger partial charge in [-0.1, -0.05) is 0 Å². The fraction of sp³-hybridized carbons (Fsp3) is 0.857. The standard InChI is InChI=1S/C7H14N3O/c1-10-4-2-3-9-5-6(10)7(8)11/h6H,2-5H2,1H3,(H2,8,11). The summed E-state index contributed by atoms with van der Waals surface area (Å²) in [6.07, 6.45) is 1.03. The van der Waals surface area contributed by atoms with Gasteiger partial charge in [-0.05, 0) is 20.0 Å². The van der Waals surface area contributed by atoms with E-state index in [-0.39, 0.29) is 11.9 Å². The zero-order chi connectivity index (χ0) is 8.27. The third-order valence-electron chi connectivity index (χ3n) is 1.99. The van der Waals surface area contributed by atoms with Crippen LogP contribution in [-0.4, -0.2) is 43.5 Å². The predicted octanol–water partition coefficient (Wildman–Crippen LogP) is -1.22. The monoisotopic (exact) mass is 156 g/mol. The molecule has 1 atom stereocenters. The fourth-order valence-corrected chi connectivity index (χ4v) is 1.25. The van der Waals surface area contributed by atoms with Gasteiger partial charge in [-0.3, -0.25) is 9.69 Å². The maximum Gasteiger partial charge on any atom is 0.236 e. The average Bonchev–Trinajstić information content (AvgIpc) is 2.13. The number of nitrogens with zero attached hydrogens (tertiary/aromatic N) is 2. The molecule has 4 heteroatoms. The van der Waals surface area contributed by atoms with Gasteiger partial charge in [0, 0.05) is 13.1 Å². The van der Waals surface area contributed by atoms with Crippen LogP contribution in [0.5, 0.6) is 0 Å². The van der Waals surface area contributed by atoms with Crippen LogP contribution in [0.15, 0.2) is 0 Å². The van der Waals surface area contributed by atoms with Gasteiger partial charge in [0.2, 0.25) is 5.91 Å². The first-order valence-electron chi connectivity index (χ1n) is 3.84. The summed E-state index contributed by atoms with van der Waals surface area (Å²) < 4.78 is 0. The van der Waals surface area contributed by atoms with Crippen molar-refractivity contribution < 1.29 is 4.79 Å². The summed E-state index contributed by atoms with van der Waals surface area (Å²) in [5, 5.41) is 4.18. The first-order valence-corrected chi connectivity index (χ1v) is 3.84. The number of carbonyl (C=O) groups is 1. The Bertz CT molecular complexity index is 149. The maximum atomic E-state index is 10.8. The van der Waals surface area contributed by atoms with Crippen molar-refractivity contribution in [3.8, 4) is 0 Å². The summed E-state index contributed by atoms with van der Waals surface area (Å²) >= 11 is 0. The van der Waals surface area contributed by atoms with E-state index >= 15 is 0 Å². The first kappa shape index (κ1) is 8.49. The van der Waals surface area contributed by atoms with Gasteiger partial charge < -0.3 is 5.73 Å². The Balaban J connectivity index is 2.52. The average molecular weight is 156 g/mol. The van der Waals surface area contributed by atoms with Gasteiger partial charge in [-0.15, -0.1) is 0 Å². The minimum absolute atomic E-state index is 0.183. The normalized spacial score (nSPS) is 27.9. The lowest BCUT2D eigenvalue weighted by Crippen LogP contribution is -2.45. The van der Waals surface area contributed by atoms with Crippen molar-refractivity contribution >= 4 is 5.91 Å². The molecule has 0 aromatic heterocycles. The molecule has 0 spiro atoms. The Hall–Kier alpha value is -0.610. The van der Waals surface area contributed by atoms with Crippen molar-refractivity contribution in [1.29, 1.82) is 0 Å². The lowest BCUT2D eigenvalue weighted by molar-refractivity contribution is -0.122. The molecule has 0 aliphatic carbocycles. The van der Waals surface area contributed by atoms with Crippen molar-refractivity contribution in [2.24, 2.45) is 5.73 Å². The Labute approximate surface area is 66.7 Å². The predicted molar refractivity (Wildman–Crippen MR) is 42.1 cm³/mol. The molecule has 2 N–H and O–H groups in total. The Morgan fingerprint density at radius 2 is 2.45 bits per heavy atom. The van der Waals surface area contributed by atoms with Crippen LogP contribution in [0.1, 0.15) is 6.42 Å². The molecule has 1 amide bonds. The van der Waals surface area contributed by atoms with Crippen LogP contribution in [0.4, 0.5) is 0 Å². The molecular formula is C7H14N3O. The third-order valence-corrected chi connectivity index (χ3v) is 1.99. The highest BCUT2D eigenvalue weighted by molar-refractivity contribution is 5.80. The number of carbonyl (C=O) groups excluding carboxylic acids is 1. The van der Waals surface area contributed by atoms with E-state index in [9.17, 15) is 4.79 Å². The lowest BCUT2D eigenvalue weighted by Gasteiger charge is -2.21. The van der Waals surface area contributed by atoms with Gasteiger partial charge >= 0.3 is 0 Å². The second kappa shape index (κ2) is 3.69. The van der Waals surface area contributed by atoms with E-state index in [1.807, 2.05) is 11.9 Å². The van der Waals surface area contributed by atoms with Crippen molar-refractivity contribution in [3.63, 3.8) is 0 Å². The Morgan fingerprint density at radius 1 is 1.73 bits per heavy atom. The van der Waals surface area contributed by atoms with Crippen LogP contribution < -0.4 is 11.1 Å². The molecule has 0 aromatic carbocycles. The van der Waals surface area contributed by atoms with Crippen molar-refractivity contribution in [2.75, 3.05) is 26.7 Å². The van der Waals surface area contributed by atoms with Crippen LogP contribution in [0.25, 0.3) is 0 Å². The number of amides is 1. The molecule has 11 heavy (non-hydrogen) atoms. The summed E-state index contributed by atoms with van der Waals surface area (Å²) in [6, 6.07) is -0.183. The SMILES string of the molecule is CN1CCC[N]CC1C(N)=O. The molecule has 1 rings (SSSR count). The summed E-state index contributed by atoms with van der Waals surface area (Å²) in [5.74, 6) is -0.266. The van der Waals surface area contributed by atoms with Gasteiger partial charge in [0.05, 0.1) is 0 Å². The molecule has 1 saturated heterocycles. The summed E-state index contributed by atoms with van der Waals surface area (Å²) in [5.41, 5.74) is 5.19. The largest absolute Gasteiger partial charge is 0.368 e. The van der Waals surface area contributed by atoms with Gasteiger partial charge in [-0.25, -0.2) is 5.32 Å². The summed E-state index contributed by atoms with van der Waals surface area (Å²) in [7, 11) is 1.91. The molecule has 63 valence electrons. The van der Waals surface area contributed by atoms with Gasteiger partial charge in [0.1, 0.15) is 6.04 Å². The molecule has 0 aromatic rings. The van der Waals surface area contributed by atoms with Crippen molar-refractivity contribution in [1.82, 2.24) is 10.2 Å². The number of rotatable bonds is 1. The number of hydrogen-bond donors (Lipinski definition) is 1. The summed E-state index contributed by atoms with van der Waals surface area (Å²) in [6.45, 7) is 2.33. The minimum Gasteiger partial charge on any atom is -0.368 e. The van der Waals surface area contributed by atoms with E-state index in [0.29, 0.717) is 6.54 Å². The third kappa shape index (κ3) is 2.17. The second-order valence-electron chi connectivity index (χ2n) is 2.88. The lowest BCUT2D eigenvalue weighted by atomic mass is 10.2. The fourth-order valence-electron chi connectivity index (χ4n) is 1.25. The highest BCUT2D eigenvalue weighted by Gasteiger charge is 2.22. The number of likely N-dealkylation sites (N-methyl/N-ethyl adjacent to an activating group) is 1. The quantitative estimate of drug-likeness (QED) is 0.517. The topological polar surface area (TPSA) is 60.4 Å². The van der Waals surface area contributed by atoms with Crippen molar-refractivity contribution in [3.05, 3.63) is 0 Å². The molecule has 1 fully saturated rings. The van der Waals surface area contributed by atoms with Gasteiger partial charge in [0.25, 0.3) is 0 Å². The molecule has 1 heterocycles. The van der Waals surface area contributed by atoms with E-state index in [1.54, 1.807) is 0 Å². The minimum atomic E-state index is -0.266. The Kier molecular flexibility index (Phi) is 2.84. The molecule has 1 aliphatic heterocycles. The van der Waals surface area contributed by atoms with Gasteiger partial charge in [-0.2, -0.15) is 0 Å². The van der Waals surface area contributed by atoms with E-state index in [4.69, 9.17) is 5.73 Å². The molecule has 1 radical (unpaired) electrons. The number of hydrogen-bond acceptors (Lipinski definition) is 2. The zero-order valence-corrected chi connectivity index (χ0v) is 6.79. The summed E-state index contributed by atoms with van der Waals surface area (Å²) in [4.78, 5) is 12.8. The highest BCUT2D eigenvalue weighted by Crippen LogP contribution is 2.00. The molecule has 0 bridgehead atoms. The van der Waals surface area contributed by atoms with Crippen molar-refractivity contribution in [2.45, 2.75) is 12.5 Å². The van der Waals surface area contributed by atoms with Crippen LogP contribution >= 0.6 is 0 Å². The van der Waals surface area contributed by atoms with E-state index in [1.165, 1.54) is 0 Å². The first-order chi connectivity index (χ1) is 5.22. The number of nitrogens with two attached hydrogens (primary N) is 1. The molecule has 4 nitrogen and oxygen atoms in total. The zero-order valence-electron chi connectivity index (χ0n) is 6.79. The molecule has 1 aliphatic rings. The molecule has 1 unspecified atom stereocenters. The molecular weight excluding hydrogens is 142 g/mol. The second-order valence-corrected chi connectivity index (χ2v) is 2.88. The van der Waals surface area contributed by atoms with E-state index < -0.39 is 0 Å². The van der Waals surface area contributed by atoms with Gasteiger partial charge in [0.15, 0.2) is 0 Å². The highest BCUT2D eigenvalue weighted by atomic mass is 16.1. The van der Waals surface area contributed by atoms with E-state index in [2.05, 4.69) is 5.32 Å². The van der Waals surface area contributed by atoms with Crippen LogP contribution in [0.2, 0.25) is 0 Å². The molecule has 0 saturated carbocycles. The maximum absolute atomic E-state index is 10.8. The smallest absolute Gasteiger partial charge is 0.236 e. The van der Waals surface area contributed by atoms with Crippen LogP contribution in [0, 0.1) is 0 Å². The van der Waals surface area contributed by atoms with Crippen LogP contribution in [-0.2, 0) is 4.79 Å². The van der Waals surface area contributed by atoms with Crippen LogP contribution in [0.3, 0.4) is 0 Å². The Morgan fingerprint density at radius 3 is 3.09 bits per heavy atom. The van der Waals surface area contributed by atoms with E-state index in [0.717, 1.165) is 19.5 Å². The number of primary amides is 1.